The molecule has 0 aliphatic heterocycles. The summed E-state index contributed by atoms with van der Waals surface area (Å²) >= 11 is 0. The number of hydrogen-bond donors (Lipinski definition) is 0. The fraction of sp³-hybridized carbons (Fsp3) is 0.263. The van der Waals surface area contributed by atoms with E-state index >= 15 is 0 Å². The molecule has 0 bridgehead atoms. The number of para-hydroxylation sites is 4. The quantitative estimate of drug-likeness (QED) is 0.191. The van der Waals surface area contributed by atoms with Crippen molar-refractivity contribution in [1.29, 1.82) is 0 Å². The number of nitro benzene ring substituents is 2. The molecule has 0 aromatic heterocycles. The lowest BCUT2D eigenvalue weighted by molar-refractivity contribution is -0.385. The standard InChI is InChI=1S/C19H18N2O8/c22-18(28-16-10-6-4-8-14(16)20(24)25)12-2-1-3-13-19(23)29-17-11-7-5-9-15(17)21(26)27/h4-11H,1-3,12-13H2. The van der Waals surface area contributed by atoms with Crippen LogP contribution in [0.3, 0.4) is 0 Å². The Labute approximate surface area is 165 Å². The largest absolute Gasteiger partial charge is 0.419 e. The van der Waals surface area contributed by atoms with Crippen LogP contribution in [0.5, 0.6) is 11.5 Å². The highest BCUT2D eigenvalue weighted by atomic mass is 16.6. The van der Waals surface area contributed by atoms with Gasteiger partial charge in [0, 0.05) is 25.0 Å². The summed E-state index contributed by atoms with van der Waals surface area (Å²) in [5.74, 6) is -1.45. The number of ether oxygens (including phenoxy) is 2. The molecule has 152 valence electrons. The Kier molecular flexibility index (Phi) is 7.78. The predicted octanol–water partition coefficient (Wildman–Crippen LogP) is 3.96. The molecule has 2 aromatic rings. The number of carbonyl (C=O) groups is 2. The molecule has 10 nitrogen and oxygen atoms in total. The van der Waals surface area contributed by atoms with Crippen molar-refractivity contribution in [2.24, 2.45) is 0 Å². The first-order valence-corrected chi connectivity index (χ1v) is 8.76. The van der Waals surface area contributed by atoms with Crippen molar-refractivity contribution in [3.8, 4) is 11.5 Å². The van der Waals surface area contributed by atoms with Crippen molar-refractivity contribution in [2.75, 3.05) is 0 Å². The van der Waals surface area contributed by atoms with Gasteiger partial charge >= 0.3 is 23.3 Å². The number of nitro groups is 2. The number of hydrogen-bond acceptors (Lipinski definition) is 8. The average Bonchev–Trinajstić information content (AvgIpc) is 2.68. The zero-order valence-electron chi connectivity index (χ0n) is 15.3. The highest BCUT2D eigenvalue weighted by Gasteiger charge is 2.18. The second kappa shape index (κ2) is 10.5. The van der Waals surface area contributed by atoms with Crippen LogP contribution in [-0.4, -0.2) is 21.8 Å². The highest BCUT2D eigenvalue weighted by molar-refractivity contribution is 5.74. The molecule has 10 heteroatoms. The van der Waals surface area contributed by atoms with E-state index in [-0.39, 0.29) is 35.7 Å². The minimum atomic E-state index is -0.634. The van der Waals surface area contributed by atoms with Crippen molar-refractivity contribution in [2.45, 2.75) is 32.1 Å². The predicted molar refractivity (Wildman–Crippen MR) is 101 cm³/mol. The van der Waals surface area contributed by atoms with E-state index in [9.17, 15) is 29.8 Å². The zero-order valence-corrected chi connectivity index (χ0v) is 15.3. The maximum absolute atomic E-state index is 11.8. The van der Waals surface area contributed by atoms with Gasteiger partial charge in [0.2, 0.25) is 11.5 Å². The fourth-order valence-corrected chi connectivity index (χ4v) is 2.45. The molecular weight excluding hydrogens is 384 g/mol. The summed E-state index contributed by atoms with van der Waals surface area (Å²) in [6.07, 6.45) is 1.41. The molecule has 0 spiro atoms. The minimum absolute atomic E-state index is 0.0330. The van der Waals surface area contributed by atoms with Gasteiger partial charge in [-0.3, -0.25) is 29.8 Å². The molecule has 2 rings (SSSR count). The number of unbranched alkanes of at least 4 members (excludes halogenated alkanes) is 2. The first-order valence-electron chi connectivity index (χ1n) is 8.76. The van der Waals surface area contributed by atoms with Gasteiger partial charge in [-0.1, -0.05) is 30.7 Å². The molecule has 0 N–H and O–H groups in total. The van der Waals surface area contributed by atoms with E-state index in [4.69, 9.17) is 9.47 Å². The van der Waals surface area contributed by atoms with E-state index in [2.05, 4.69) is 0 Å². The second-order valence-electron chi connectivity index (χ2n) is 5.96. The topological polar surface area (TPSA) is 139 Å². The summed E-state index contributed by atoms with van der Waals surface area (Å²) < 4.78 is 10.0. The molecule has 0 saturated heterocycles. The van der Waals surface area contributed by atoms with E-state index < -0.39 is 21.8 Å². The molecule has 2 aromatic carbocycles. The number of rotatable bonds is 10. The zero-order chi connectivity index (χ0) is 21.2. The lowest BCUT2D eigenvalue weighted by Gasteiger charge is -2.06. The van der Waals surface area contributed by atoms with Crippen molar-refractivity contribution in [3.05, 3.63) is 68.8 Å². The molecule has 0 fully saturated rings. The Morgan fingerprint density at radius 2 is 1.07 bits per heavy atom. The van der Waals surface area contributed by atoms with Crippen LogP contribution in [0.4, 0.5) is 11.4 Å². The fourth-order valence-electron chi connectivity index (χ4n) is 2.45. The van der Waals surface area contributed by atoms with Crippen LogP contribution in [0.2, 0.25) is 0 Å². The monoisotopic (exact) mass is 402 g/mol. The Balaban J connectivity index is 1.71. The van der Waals surface area contributed by atoms with Gasteiger partial charge in [0.1, 0.15) is 0 Å². The van der Waals surface area contributed by atoms with Crippen LogP contribution < -0.4 is 9.47 Å². The molecule has 0 atom stereocenters. The third-order valence-corrected chi connectivity index (χ3v) is 3.83. The normalized spacial score (nSPS) is 10.2. The summed E-state index contributed by atoms with van der Waals surface area (Å²) in [6.45, 7) is 0. The molecule has 0 radical (unpaired) electrons. The van der Waals surface area contributed by atoms with Crippen LogP contribution in [0, 0.1) is 20.2 Å². The maximum atomic E-state index is 11.8. The van der Waals surface area contributed by atoms with E-state index in [1.165, 1.54) is 48.5 Å². The molecule has 0 heterocycles. The van der Waals surface area contributed by atoms with Crippen LogP contribution in [0.25, 0.3) is 0 Å². The SMILES string of the molecule is O=C(CCCCCC(=O)Oc1ccccc1[N+](=O)[O-])Oc1ccccc1[N+](=O)[O-]. The third kappa shape index (κ3) is 6.69. The lowest BCUT2D eigenvalue weighted by Crippen LogP contribution is -2.10. The molecule has 0 aliphatic rings. The van der Waals surface area contributed by atoms with Gasteiger partial charge in [0.25, 0.3) is 0 Å². The van der Waals surface area contributed by atoms with Crippen molar-refractivity contribution in [1.82, 2.24) is 0 Å². The maximum Gasteiger partial charge on any atom is 0.311 e. The molecular formula is C19H18N2O8. The van der Waals surface area contributed by atoms with E-state index in [0.29, 0.717) is 19.3 Å². The van der Waals surface area contributed by atoms with Gasteiger partial charge in [0.15, 0.2) is 0 Å². The number of esters is 2. The van der Waals surface area contributed by atoms with Gasteiger partial charge < -0.3 is 9.47 Å². The van der Waals surface area contributed by atoms with Gasteiger partial charge in [-0.15, -0.1) is 0 Å². The molecule has 0 unspecified atom stereocenters. The van der Waals surface area contributed by atoms with Gasteiger partial charge in [-0.2, -0.15) is 0 Å². The van der Waals surface area contributed by atoms with E-state index in [1.807, 2.05) is 0 Å². The van der Waals surface area contributed by atoms with Gasteiger partial charge in [-0.05, 0) is 25.0 Å². The first-order chi connectivity index (χ1) is 13.9. The molecule has 0 aliphatic carbocycles. The Morgan fingerprint density at radius 1 is 0.690 bits per heavy atom. The first kappa shape index (κ1) is 21.5. The van der Waals surface area contributed by atoms with Crippen LogP contribution in [-0.2, 0) is 9.59 Å². The van der Waals surface area contributed by atoms with E-state index in [0.717, 1.165) is 0 Å². The van der Waals surface area contributed by atoms with Crippen LogP contribution in [0.1, 0.15) is 32.1 Å². The van der Waals surface area contributed by atoms with Crippen LogP contribution >= 0.6 is 0 Å². The van der Waals surface area contributed by atoms with E-state index in [1.54, 1.807) is 0 Å². The molecule has 0 saturated carbocycles. The Morgan fingerprint density at radius 3 is 1.45 bits per heavy atom. The Bertz CT molecular complexity index is 839. The summed E-state index contributed by atoms with van der Waals surface area (Å²) in [4.78, 5) is 44.2. The van der Waals surface area contributed by atoms with Gasteiger partial charge in [-0.25, -0.2) is 0 Å². The van der Waals surface area contributed by atoms with Crippen molar-refractivity contribution >= 4 is 23.3 Å². The number of carbonyl (C=O) groups excluding carboxylic acids is 2. The van der Waals surface area contributed by atoms with Crippen LogP contribution in [0.15, 0.2) is 48.5 Å². The summed E-state index contributed by atoms with van der Waals surface area (Å²) in [7, 11) is 0. The molecule has 0 amide bonds. The van der Waals surface area contributed by atoms with Gasteiger partial charge in [0.05, 0.1) is 9.85 Å². The Hall–Kier alpha value is -3.82. The number of benzene rings is 2. The summed E-state index contributed by atoms with van der Waals surface area (Å²) in [6, 6.07) is 11.2. The van der Waals surface area contributed by atoms with Crippen molar-refractivity contribution < 1.29 is 28.9 Å². The summed E-state index contributed by atoms with van der Waals surface area (Å²) in [5, 5.41) is 21.8. The lowest BCUT2D eigenvalue weighted by atomic mass is 10.1. The highest BCUT2D eigenvalue weighted by Crippen LogP contribution is 2.27. The minimum Gasteiger partial charge on any atom is -0.419 e. The third-order valence-electron chi connectivity index (χ3n) is 3.83. The number of nitrogens with zero attached hydrogens (tertiary/aromatic N) is 2. The molecule has 29 heavy (non-hydrogen) atoms. The second-order valence-corrected chi connectivity index (χ2v) is 5.96. The van der Waals surface area contributed by atoms with Crippen molar-refractivity contribution in [3.63, 3.8) is 0 Å². The average molecular weight is 402 g/mol. The summed E-state index contributed by atoms with van der Waals surface area (Å²) in [5.41, 5.74) is -0.586. The smallest absolute Gasteiger partial charge is 0.311 e.